The molecule has 1 aliphatic rings. The molecule has 1 amide bonds. The van der Waals surface area contributed by atoms with Crippen LogP contribution in [0.25, 0.3) is 11.0 Å². The van der Waals surface area contributed by atoms with Crippen LogP contribution in [0.15, 0.2) is 28.7 Å². The van der Waals surface area contributed by atoms with Crippen LogP contribution in [0, 0.1) is 6.92 Å². The minimum Gasteiger partial charge on any atom is -0.461 e. The highest BCUT2D eigenvalue weighted by molar-refractivity contribution is 5.82. The number of rotatable bonds is 5. The van der Waals surface area contributed by atoms with Crippen molar-refractivity contribution in [1.82, 2.24) is 10.6 Å². The molecule has 1 saturated carbocycles. The lowest BCUT2D eigenvalue weighted by Gasteiger charge is -2.05. The van der Waals surface area contributed by atoms with E-state index in [2.05, 4.69) is 10.6 Å². The van der Waals surface area contributed by atoms with E-state index in [-0.39, 0.29) is 5.91 Å². The quantitative estimate of drug-likeness (QED) is 0.863. The molecule has 1 aromatic carbocycles. The lowest BCUT2D eigenvalue weighted by Crippen LogP contribution is -2.34. The second-order valence-electron chi connectivity index (χ2n) is 5.08. The predicted molar refractivity (Wildman–Crippen MR) is 73.8 cm³/mol. The van der Waals surface area contributed by atoms with Crippen LogP contribution < -0.4 is 10.6 Å². The van der Waals surface area contributed by atoms with Crippen LogP contribution in [0.2, 0.25) is 0 Å². The van der Waals surface area contributed by atoms with Crippen LogP contribution >= 0.6 is 0 Å². The van der Waals surface area contributed by atoms with Gasteiger partial charge in [0.2, 0.25) is 5.91 Å². The zero-order valence-corrected chi connectivity index (χ0v) is 11.0. The fourth-order valence-electron chi connectivity index (χ4n) is 2.25. The number of carbonyl (C=O) groups excluding carboxylic acids is 1. The Hall–Kier alpha value is -1.81. The monoisotopic (exact) mass is 258 g/mol. The molecule has 1 heterocycles. The van der Waals surface area contributed by atoms with Gasteiger partial charge in [0.05, 0.1) is 6.54 Å². The molecule has 4 heteroatoms. The largest absolute Gasteiger partial charge is 0.461 e. The molecule has 0 saturated heterocycles. The number of hydrogen-bond acceptors (Lipinski definition) is 3. The Morgan fingerprint density at radius 3 is 2.95 bits per heavy atom. The van der Waals surface area contributed by atoms with E-state index in [0.717, 1.165) is 35.1 Å². The van der Waals surface area contributed by atoms with Gasteiger partial charge in [-0.15, -0.1) is 0 Å². The number of fused-ring (bicyclic) bond motifs is 1. The SMILES string of the molecule is Cc1oc2ccccc2c1CNCC(=O)NC1CC1. The van der Waals surface area contributed by atoms with Gasteiger partial charge in [-0.25, -0.2) is 0 Å². The van der Waals surface area contributed by atoms with E-state index < -0.39 is 0 Å². The van der Waals surface area contributed by atoms with E-state index in [0.29, 0.717) is 19.1 Å². The summed E-state index contributed by atoms with van der Waals surface area (Å²) in [5.41, 5.74) is 2.04. The molecular weight excluding hydrogens is 240 g/mol. The number of para-hydroxylation sites is 1. The smallest absolute Gasteiger partial charge is 0.234 e. The molecule has 100 valence electrons. The third-order valence-corrected chi connectivity index (χ3v) is 3.43. The predicted octanol–water partition coefficient (Wildman–Crippen LogP) is 2.11. The molecule has 1 fully saturated rings. The summed E-state index contributed by atoms with van der Waals surface area (Å²) in [4.78, 5) is 11.6. The topological polar surface area (TPSA) is 54.3 Å². The van der Waals surface area contributed by atoms with E-state index in [9.17, 15) is 4.79 Å². The Balaban J connectivity index is 1.61. The summed E-state index contributed by atoms with van der Waals surface area (Å²) in [7, 11) is 0. The van der Waals surface area contributed by atoms with E-state index >= 15 is 0 Å². The molecule has 1 aromatic heterocycles. The van der Waals surface area contributed by atoms with Crippen LogP contribution in [0.4, 0.5) is 0 Å². The van der Waals surface area contributed by atoms with Crippen molar-refractivity contribution in [3.05, 3.63) is 35.6 Å². The summed E-state index contributed by atoms with van der Waals surface area (Å²) >= 11 is 0. The average molecular weight is 258 g/mol. The molecule has 19 heavy (non-hydrogen) atoms. The van der Waals surface area contributed by atoms with Crippen molar-refractivity contribution < 1.29 is 9.21 Å². The zero-order valence-electron chi connectivity index (χ0n) is 11.0. The first-order valence-corrected chi connectivity index (χ1v) is 6.71. The first-order chi connectivity index (χ1) is 9.24. The fourth-order valence-corrected chi connectivity index (χ4v) is 2.25. The maximum Gasteiger partial charge on any atom is 0.234 e. The number of amides is 1. The Morgan fingerprint density at radius 2 is 2.16 bits per heavy atom. The number of hydrogen-bond donors (Lipinski definition) is 2. The molecule has 0 bridgehead atoms. The molecule has 1 aliphatic carbocycles. The molecule has 4 nitrogen and oxygen atoms in total. The second kappa shape index (κ2) is 5.05. The van der Waals surface area contributed by atoms with Gasteiger partial charge in [-0.05, 0) is 25.8 Å². The fraction of sp³-hybridized carbons (Fsp3) is 0.400. The summed E-state index contributed by atoms with van der Waals surface area (Å²) in [6, 6.07) is 8.40. The van der Waals surface area contributed by atoms with Crippen molar-refractivity contribution in [2.45, 2.75) is 32.4 Å². The number of furan rings is 1. The van der Waals surface area contributed by atoms with Crippen LogP contribution in [0.1, 0.15) is 24.2 Å². The molecule has 0 unspecified atom stereocenters. The molecule has 0 atom stereocenters. The minimum absolute atomic E-state index is 0.0768. The number of carbonyl (C=O) groups is 1. The summed E-state index contributed by atoms with van der Waals surface area (Å²) < 4.78 is 5.69. The van der Waals surface area contributed by atoms with Crippen LogP contribution in [-0.2, 0) is 11.3 Å². The van der Waals surface area contributed by atoms with Gasteiger partial charge in [0, 0.05) is 23.5 Å². The lowest BCUT2D eigenvalue weighted by molar-refractivity contribution is -0.120. The van der Waals surface area contributed by atoms with Gasteiger partial charge in [0.25, 0.3) is 0 Å². The van der Waals surface area contributed by atoms with Crippen LogP contribution in [0.3, 0.4) is 0 Å². The van der Waals surface area contributed by atoms with Gasteiger partial charge >= 0.3 is 0 Å². The Labute approximate surface area is 112 Å². The third-order valence-electron chi connectivity index (χ3n) is 3.43. The molecule has 0 aliphatic heterocycles. The lowest BCUT2D eigenvalue weighted by atomic mass is 10.1. The van der Waals surface area contributed by atoms with Crippen LogP contribution in [-0.4, -0.2) is 18.5 Å². The van der Waals surface area contributed by atoms with Gasteiger partial charge < -0.3 is 15.1 Å². The van der Waals surface area contributed by atoms with Crippen molar-refractivity contribution in [2.24, 2.45) is 0 Å². The highest BCUT2D eigenvalue weighted by Gasteiger charge is 2.22. The van der Waals surface area contributed by atoms with Crippen molar-refractivity contribution in [3.63, 3.8) is 0 Å². The maximum atomic E-state index is 11.6. The summed E-state index contributed by atoms with van der Waals surface area (Å²) in [6.07, 6.45) is 2.24. The van der Waals surface area contributed by atoms with Gasteiger partial charge in [0.1, 0.15) is 11.3 Å². The molecule has 0 radical (unpaired) electrons. The summed E-state index contributed by atoms with van der Waals surface area (Å²) in [5.74, 6) is 0.990. The third kappa shape index (κ3) is 2.79. The molecule has 3 rings (SSSR count). The highest BCUT2D eigenvalue weighted by atomic mass is 16.3. The summed E-state index contributed by atoms with van der Waals surface area (Å²) in [6.45, 7) is 2.97. The van der Waals surface area contributed by atoms with Crippen LogP contribution in [0.5, 0.6) is 0 Å². The molecule has 2 N–H and O–H groups in total. The maximum absolute atomic E-state index is 11.6. The molecular formula is C15H18N2O2. The van der Waals surface area contributed by atoms with Crippen molar-refractivity contribution >= 4 is 16.9 Å². The standard InChI is InChI=1S/C15H18N2O2/c1-10-13(12-4-2-3-5-14(12)19-10)8-16-9-15(18)17-11-6-7-11/h2-5,11,16H,6-9H2,1H3,(H,17,18). The number of benzene rings is 1. The Bertz CT molecular complexity index is 599. The van der Waals surface area contributed by atoms with Crippen molar-refractivity contribution in [1.29, 1.82) is 0 Å². The first-order valence-electron chi connectivity index (χ1n) is 6.71. The Kier molecular flexibility index (Phi) is 3.25. The van der Waals surface area contributed by atoms with E-state index in [4.69, 9.17) is 4.42 Å². The summed E-state index contributed by atoms with van der Waals surface area (Å²) in [5, 5.41) is 7.26. The van der Waals surface area contributed by atoms with Crippen molar-refractivity contribution in [2.75, 3.05) is 6.54 Å². The highest BCUT2D eigenvalue weighted by Crippen LogP contribution is 2.24. The van der Waals surface area contributed by atoms with E-state index in [1.165, 1.54) is 0 Å². The minimum atomic E-state index is 0.0768. The van der Waals surface area contributed by atoms with E-state index in [1.54, 1.807) is 0 Å². The van der Waals surface area contributed by atoms with Crippen molar-refractivity contribution in [3.8, 4) is 0 Å². The first kappa shape index (κ1) is 12.2. The number of aryl methyl sites for hydroxylation is 1. The van der Waals surface area contributed by atoms with Gasteiger partial charge in [-0.2, -0.15) is 0 Å². The van der Waals surface area contributed by atoms with Gasteiger partial charge in [0.15, 0.2) is 0 Å². The van der Waals surface area contributed by atoms with Gasteiger partial charge in [-0.1, -0.05) is 18.2 Å². The Morgan fingerprint density at radius 1 is 1.37 bits per heavy atom. The zero-order chi connectivity index (χ0) is 13.2. The molecule has 2 aromatic rings. The number of nitrogens with one attached hydrogen (secondary N) is 2. The second-order valence-corrected chi connectivity index (χ2v) is 5.08. The molecule has 0 spiro atoms. The normalized spacial score (nSPS) is 14.8. The van der Waals surface area contributed by atoms with Gasteiger partial charge in [-0.3, -0.25) is 4.79 Å². The average Bonchev–Trinajstić information content (AvgIpc) is 3.14. The van der Waals surface area contributed by atoms with E-state index in [1.807, 2.05) is 31.2 Å².